The van der Waals surface area contributed by atoms with Crippen LogP contribution in [-0.2, 0) is 17.6 Å². The molecule has 2 rings (SSSR count). The lowest BCUT2D eigenvalue weighted by molar-refractivity contribution is -0.120. The minimum Gasteiger partial charge on any atom is -0.493 e. The maximum absolute atomic E-state index is 12.1. The summed E-state index contributed by atoms with van der Waals surface area (Å²) in [6, 6.07) is 14.1. The number of amides is 1. The van der Waals surface area contributed by atoms with Crippen molar-refractivity contribution in [2.24, 2.45) is 0 Å². The Morgan fingerprint density at radius 2 is 1.60 bits per heavy atom. The Morgan fingerprint density at radius 1 is 0.960 bits per heavy atom. The van der Waals surface area contributed by atoms with Crippen molar-refractivity contribution in [3.05, 3.63) is 59.2 Å². The van der Waals surface area contributed by atoms with Gasteiger partial charge in [-0.2, -0.15) is 0 Å². The molecule has 25 heavy (non-hydrogen) atoms. The molecule has 0 aromatic heterocycles. The fourth-order valence-electron chi connectivity index (χ4n) is 2.65. The summed E-state index contributed by atoms with van der Waals surface area (Å²) in [5, 5.41) is 2.97. The first-order valence-electron chi connectivity index (χ1n) is 8.60. The van der Waals surface area contributed by atoms with E-state index in [4.69, 9.17) is 9.47 Å². The van der Waals surface area contributed by atoms with Crippen LogP contribution in [0.4, 0.5) is 0 Å². The highest BCUT2D eigenvalue weighted by Crippen LogP contribution is 2.27. The van der Waals surface area contributed by atoms with E-state index in [1.54, 1.807) is 14.2 Å². The fraction of sp³-hybridized carbons (Fsp3) is 0.381. The predicted octanol–water partition coefficient (Wildman–Crippen LogP) is 3.73. The smallest absolute Gasteiger partial charge is 0.224 e. The summed E-state index contributed by atoms with van der Waals surface area (Å²) in [4.78, 5) is 12.1. The molecule has 1 amide bonds. The largest absolute Gasteiger partial charge is 0.493 e. The summed E-state index contributed by atoms with van der Waals surface area (Å²) in [7, 11) is 3.18. The summed E-state index contributed by atoms with van der Waals surface area (Å²) in [5.41, 5.74) is 3.47. The highest BCUT2D eigenvalue weighted by atomic mass is 16.5. The minimum atomic E-state index is 0.00557. The zero-order valence-corrected chi connectivity index (χ0v) is 15.5. The Hall–Kier alpha value is -2.49. The van der Waals surface area contributed by atoms with Crippen LogP contribution in [0.5, 0.6) is 11.5 Å². The van der Waals surface area contributed by atoms with Crippen molar-refractivity contribution in [3.8, 4) is 11.5 Å². The lowest BCUT2D eigenvalue weighted by Gasteiger charge is -2.10. The molecule has 0 aliphatic rings. The van der Waals surface area contributed by atoms with Crippen LogP contribution in [0.15, 0.2) is 42.5 Å². The van der Waals surface area contributed by atoms with Gasteiger partial charge < -0.3 is 14.8 Å². The van der Waals surface area contributed by atoms with E-state index in [-0.39, 0.29) is 5.91 Å². The average Bonchev–Trinajstić information content (AvgIpc) is 2.62. The fourth-order valence-corrected chi connectivity index (χ4v) is 2.65. The number of carbonyl (C=O) groups excluding carboxylic acids is 1. The number of hydrogen-bond donors (Lipinski definition) is 1. The Kier molecular flexibility index (Phi) is 6.87. The second kappa shape index (κ2) is 9.11. The highest BCUT2D eigenvalue weighted by Gasteiger charge is 2.08. The van der Waals surface area contributed by atoms with Gasteiger partial charge in [0.1, 0.15) is 0 Å². The van der Waals surface area contributed by atoms with Gasteiger partial charge in [0, 0.05) is 6.54 Å². The van der Waals surface area contributed by atoms with Gasteiger partial charge in [0.15, 0.2) is 11.5 Å². The predicted molar refractivity (Wildman–Crippen MR) is 100 cm³/mol. The number of methoxy groups -OCH3 is 2. The molecule has 0 atom stereocenters. The number of carbonyl (C=O) groups is 1. The highest BCUT2D eigenvalue weighted by molar-refractivity contribution is 5.78. The van der Waals surface area contributed by atoms with E-state index in [9.17, 15) is 4.79 Å². The van der Waals surface area contributed by atoms with Gasteiger partial charge in [-0.3, -0.25) is 4.79 Å². The van der Waals surface area contributed by atoms with Gasteiger partial charge in [-0.15, -0.1) is 0 Å². The molecule has 0 heterocycles. The zero-order chi connectivity index (χ0) is 18.2. The molecule has 0 aliphatic carbocycles. The monoisotopic (exact) mass is 341 g/mol. The van der Waals surface area contributed by atoms with Gasteiger partial charge in [0.25, 0.3) is 0 Å². The standard InChI is InChI=1S/C21H27NO3/c1-15(2)18-8-5-16(6-9-18)11-12-22-21(23)14-17-7-10-19(24-3)20(13-17)25-4/h5-10,13,15H,11-12,14H2,1-4H3,(H,22,23). The molecule has 134 valence electrons. The molecule has 0 fully saturated rings. The van der Waals surface area contributed by atoms with Crippen molar-refractivity contribution in [1.82, 2.24) is 5.32 Å². The van der Waals surface area contributed by atoms with Gasteiger partial charge in [-0.05, 0) is 41.2 Å². The van der Waals surface area contributed by atoms with Crippen molar-refractivity contribution in [1.29, 1.82) is 0 Å². The van der Waals surface area contributed by atoms with Crippen LogP contribution in [0, 0.1) is 0 Å². The first-order chi connectivity index (χ1) is 12.0. The van der Waals surface area contributed by atoms with Crippen LogP contribution in [0.1, 0.15) is 36.5 Å². The normalized spacial score (nSPS) is 10.6. The molecule has 4 nitrogen and oxygen atoms in total. The minimum absolute atomic E-state index is 0.00557. The summed E-state index contributed by atoms with van der Waals surface area (Å²) >= 11 is 0. The Balaban J connectivity index is 1.82. The third-order valence-electron chi connectivity index (χ3n) is 4.19. The number of ether oxygens (including phenoxy) is 2. The molecule has 0 spiro atoms. The van der Waals surface area contributed by atoms with Crippen molar-refractivity contribution >= 4 is 5.91 Å². The topological polar surface area (TPSA) is 47.6 Å². The molecule has 0 aliphatic heterocycles. The van der Waals surface area contributed by atoms with Crippen molar-refractivity contribution in [2.45, 2.75) is 32.6 Å². The van der Waals surface area contributed by atoms with Crippen LogP contribution < -0.4 is 14.8 Å². The first-order valence-corrected chi connectivity index (χ1v) is 8.60. The van der Waals surface area contributed by atoms with Gasteiger partial charge in [0.05, 0.1) is 20.6 Å². The molecule has 2 aromatic carbocycles. The maximum Gasteiger partial charge on any atom is 0.224 e. The van der Waals surface area contributed by atoms with E-state index < -0.39 is 0 Å². The van der Waals surface area contributed by atoms with E-state index in [0.717, 1.165) is 12.0 Å². The van der Waals surface area contributed by atoms with Crippen LogP contribution >= 0.6 is 0 Å². The van der Waals surface area contributed by atoms with Gasteiger partial charge >= 0.3 is 0 Å². The SMILES string of the molecule is COc1ccc(CC(=O)NCCc2ccc(C(C)C)cc2)cc1OC. The summed E-state index contributed by atoms with van der Waals surface area (Å²) < 4.78 is 10.5. The molecule has 1 N–H and O–H groups in total. The Morgan fingerprint density at radius 3 is 2.20 bits per heavy atom. The van der Waals surface area contributed by atoms with E-state index in [1.807, 2.05) is 18.2 Å². The van der Waals surface area contributed by atoms with Gasteiger partial charge in [-0.25, -0.2) is 0 Å². The molecule has 0 bridgehead atoms. The van der Waals surface area contributed by atoms with Crippen LogP contribution in [0.25, 0.3) is 0 Å². The second-order valence-corrected chi connectivity index (χ2v) is 6.36. The van der Waals surface area contributed by atoms with E-state index >= 15 is 0 Å². The van der Waals surface area contributed by atoms with E-state index in [0.29, 0.717) is 30.4 Å². The number of rotatable bonds is 8. The molecular weight excluding hydrogens is 314 g/mol. The summed E-state index contributed by atoms with van der Waals surface area (Å²) in [6.07, 6.45) is 1.16. The lowest BCUT2D eigenvalue weighted by atomic mass is 10.0. The second-order valence-electron chi connectivity index (χ2n) is 6.36. The molecular formula is C21H27NO3. The Labute approximate surface area is 150 Å². The van der Waals surface area contributed by atoms with Gasteiger partial charge in [0.2, 0.25) is 5.91 Å². The van der Waals surface area contributed by atoms with Crippen LogP contribution in [0.2, 0.25) is 0 Å². The summed E-state index contributed by atoms with van der Waals surface area (Å²) in [5.74, 6) is 1.84. The quantitative estimate of drug-likeness (QED) is 0.796. The third-order valence-corrected chi connectivity index (χ3v) is 4.19. The van der Waals surface area contributed by atoms with E-state index in [2.05, 4.69) is 43.4 Å². The van der Waals surface area contributed by atoms with Crippen LogP contribution in [0.3, 0.4) is 0 Å². The van der Waals surface area contributed by atoms with Crippen molar-refractivity contribution < 1.29 is 14.3 Å². The lowest BCUT2D eigenvalue weighted by Crippen LogP contribution is -2.27. The van der Waals surface area contributed by atoms with Crippen LogP contribution in [-0.4, -0.2) is 26.7 Å². The molecule has 0 saturated carbocycles. The zero-order valence-electron chi connectivity index (χ0n) is 15.5. The number of nitrogens with one attached hydrogen (secondary N) is 1. The molecule has 2 aromatic rings. The Bertz CT molecular complexity index is 693. The first kappa shape index (κ1) is 18.8. The third kappa shape index (κ3) is 5.52. The summed E-state index contributed by atoms with van der Waals surface area (Å²) in [6.45, 7) is 5.00. The van der Waals surface area contributed by atoms with Crippen molar-refractivity contribution in [3.63, 3.8) is 0 Å². The molecule has 0 unspecified atom stereocenters. The molecule has 0 saturated heterocycles. The molecule has 0 radical (unpaired) electrons. The van der Waals surface area contributed by atoms with Crippen molar-refractivity contribution in [2.75, 3.05) is 20.8 Å². The number of benzene rings is 2. The van der Waals surface area contributed by atoms with Gasteiger partial charge in [-0.1, -0.05) is 44.2 Å². The number of hydrogen-bond acceptors (Lipinski definition) is 3. The van der Waals surface area contributed by atoms with E-state index in [1.165, 1.54) is 11.1 Å². The molecule has 4 heteroatoms. The maximum atomic E-state index is 12.1. The average molecular weight is 341 g/mol.